The zero-order valence-corrected chi connectivity index (χ0v) is 8.40. The molecule has 42 valence electrons. The number of halogens is 2. The fourth-order valence-electron chi connectivity index (χ4n) is 0.694. The van der Waals surface area contributed by atoms with Crippen LogP contribution in [0.4, 0.5) is 0 Å². The van der Waals surface area contributed by atoms with Gasteiger partial charge in [-0.3, -0.25) is 0 Å². The maximum absolute atomic E-state index is 2.58. The van der Waals surface area contributed by atoms with Gasteiger partial charge in [0.1, 0.15) is 0 Å². The first kappa shape index (κ1) is 6.58. The van der Waals surface area contributed by atoms with Gasteiger partial charge >= 0.3 is 0 Å². The zero-order chi connectivity index (χ0) is 5.33. The van der Waals surface area contributed by atoms with Crippen LogP contribution in [0.5, 0.6) is 0 Å². The highest BCUT2D eigenvalue weighted by molar-refractivity contribution is 14.1. The lowest BCUT2D eigenvalue weighted by atomic mass is 9.87. The van der Waals surface area contributed by atoms with Gasteiger partial charge in [0.25, 0.3) is 0 Å². The highest BCUT2D eigenvalue weighted by Crippen LogP contribution is 2.41. The van der Waals surface area contributed by atoms with Crippen LogP contribution in [0.2, 0.25) is 0 Å². The Morgan fingerprint density at radius 1 is 1.43 bits per heavy atom. The molecule has 0 bridgehead atoms. The Morgan fingerprint density at radius 3 is 2.00 bits per heavy atom. The van der Waals surface area contributed by atoms with Crippen molar-refractivity contribution in [3.8, 4) is 0 Å². The normalized spacial score (nSPS) is 26.6. The number of hydrogen-bond donors (Lipinski definition) is 0. The first-order chi connectivity index (χ1) is 3.27. The molecule has 0 nitrogen and oxygen atoms in total. The smallest absolute Gasteiger partial charge is 0.0311 e. The minimum Gasteiger partial charge on any atom is -0.0849 e. The van der Waals surface area contributed by atoms with Gasteiger partial charge in [0.05, 0.1) is 0 Å². The van der Waals surface area contributed by atoms with E-state index in [1.807, 2.05) is 0 Å². The summed E-state index contributed by atoms with van der Waals surface area (Å²) in [5, 5.41) is 0. The van der Waals surface area contributed by atoms with Crippen molar-refractivity contribution < 1.29 is 0 Å². The van der Waals surface area contributed by atoms with Gasteiger partial charge in [0, 0.05) is 7.85 Å². The van der Waals surface area contributed by atoms with Crippen molar-refractivity contribution in [2.75, 3.05) is 4.43 Å². The first-order valence-electron chi connectivity index (χ1n) is 2.52. The van der Waals surface area contributed by atoms with E-state index in [4.69, 9.17) is 0 Å². The van der Waals surface area contributed by atoms with E-state index in [1.54, 1.807) is 0 Å². The SMILES string of the molecule is ICC1(I)CCC1. The summed E-state index contributed by atoms with van der Waals surface area (Å²) in [7, 11) is 0. The van der Waals surface area contributed by atoms with E-state index in [2.05, 4.69) is 45.2 Å². The number of alkyl halides is 2. The Labute approximate surface area is 71.7 Å². The average molecular weight is 322 g/mol. The van der Waals surface area contributed by atoms with Crippen molar-refractivity contribution in [3.05, 3.63) is 0 Å². The lowest BCUT2D eigenvalue weighted by Gasteiger charge is -2.34. The quantitative estimate of drug-likeness (QED) is 0.514. The lowest BCUT2D eigenvalue weighted by molar-refractivity contribution is 0.425. The maximum atomic E-state index is 2.58. The Kier molecular flexibility index (Phi) is 2.23. The summed E-state index contributed by atoms with van der Waals surface area (Å²) >= 11 is 5.06. The van der Waals surface area contributed by atoms with Crippen LogP contribution in [0.1, 0.15) is 19.3 Å². The molecule has 0 unspecified atom stereocenters. The van der Waals surface area contributed by atoms with Crippen LogP contribution in [0.3, 0.4) is 0 Å². The average Bonchev–Trinajstić information content (AvgIpc) is 1.61. The molecule has 0 radical (unpaired) electrons. The second-order valence-corrected chi connectivity index (χ2v) is 5.19. The summed E-state index contributed by atoms with van der Waals surface area (Å²) in [5.41, 5.74) is 0. The van der Waals surface area contributed by atoms with Crippen LogP contribution in [-0.4, -0.2) is 7.85 Å². The molecule has 0 saturated heterocycles. The van der Waals surface area contributed by atoms with Crippen molar-refractivity contribution in [2.45, 2.75) is 22.7 Å². The Hall–Kier alpha value is 1.46. The minimum atomic E-state index is 0.721. The van der Waals surface area contributed by atoms with Crippen molar-refractivity contribution in [1.82, 2.24) is 0 Å². The van der Waals surface area contributed by atoms with E-state index >= 15 is 0 Å². The molecule has 1 aliphatic rings. The van der Waals surface area contributed by atoms with Gasteiger partial charge in [-0.2, -0.15) is 0 Å². The summed E-state index contributed by atoms with van der Waals surface area (Å²) in [4.78, 5) is 0. The number of hydrogen-bond acceptors (Lipinski definition) is 0. The first-order valence-corrected chi connectivity index (χ1v) is 5.12. The van der Waals surface area contributed by atoms with E-state index in [-0.39, 0.29) is 0 Å². The minimum absolute atomic E-state index is 0.721. The third-order valence-electron chi connectivity index (χ3n) is 1.49. The van der Waals surface area contributed by atoms with Crippen molar-refractivity contribution in [2.24, 2.45) is 0 Å². The summed E-state index contributed by atoms with van der Waals surface area (Å²) in [6, 6.07) is 0. The predicted octanol–water partition coefficient (Wildman–Crippen LogP) is 2.78. The van der Waals surface area contributed by atoms with Gasteiger partial charge in [0.2, 0.25) is 0 Å². The van der Waals surface area contributed by atoms with Crippen molar-refractivity contribution in [1.29, 1.82) is 0 Å². The van der Waals surface area contributed by atoms with E-state index in [0.717, 1.165) is 3.42 Å². The molecular weight excluding hydrogens is 314 g/mol. The van der Waals surface area contributed by atoms with E-state index in [9.17, 15) is 0 Å². The molecule has 1 aliphatic carbocycles. The molecule has 0 atom stereocenters. The molecule has 0 aromatic carbocycles. The molecule has 1 fully saturated rings. The summed E-state index contributed by atoms with van der Waals surface area (Å²) < 4.78 is 2.06. The second kappa shape index (κ2) is 2.37. The van der Waals surface area contributed by atoms with E-state index in [0.29, 0.717) is 0 Å². The fraction of sp³-hybridized carbons (Fsp3) is 1.00. The molecule has 0 aliphatic heterocycles. The van der Waals surface area contributed by atoms with Crippen LogP contribution in [0.25, 0.3) is 0 Å². The molecule has 0 aromatic heterocycles. The Bertz CT molecular complexity index is 61.0. The third-order valence-corrected chi connectivity index (χ3v) is 5.87. The van der Waals surface area contributed by atoms with Gasteiger partial charge in [-0.15, -0.1) is 0 Å². The molecule has 0 aromatic rings. The molecule has 7 heavy (non-hydrogen) atoms. The lowest BCUT2D eigenvalue weighted by Crippen LogP contribution is -2.30. The Morgan fingerprint density at radius 2 is 2.00 bits per heavy atom. The topological polar surface area (TPSA) is 0 Å². The zero-order valence-electron chi connectivity index (χ0n) is 4.08. The molecule has 0 N–H and O–H groups in total. The summed E-state index contributed by atoms with van der Waals surface area (Å²) in [6.07, 6.45) is 4.37. The molecule has 0 amide bonds. The van der Waals surface area contributed by atoms with Gasteiger partial charge in [0.15, 0.2) is 0 Å². The van der Waals surface area contributed by atoms with Crippen molar-refractivity contribution >= 4 is 45.2 Å². The van der Waals surface area contributed by atoms with Crippen LogP contribution in [0, 0.1) is 0 Å². The van der Waals surface area contributed by atoms with E-state index in [1.165, 1.54) is 23.7 Å². The number of rotatable bonds is 1. The third kappa shape index (κ3) is 1.43. The Balaban J connectivity index is 2.29. The highest BCUT2D eigenvalue weighted by atomic mass is 127. The second-order valence-electron chi connectivity index (χ2n) is 2.14. The van der Waals surface area contributed by atoms with Crippen LogP contribution in [0.15, 0.2) is 0 Å². The summed E-state index contributed by atoms with van der Waals surface area (Å²) in [5.74, 6) is 0. The fourth-order valence-corrected chi connectivity index (χ4v) is 2.22. The maximum Gasteiger partial charge on any atom is 0.0311 e. The van der Waals surface area contributed by atoms with Crippen LogP contribution in [-0.2, 0) is 0 Å². The molecule has 1 saturated carbocycles. The van der Waals surface area contributed by atoms with Crippen LogP contribution < -0.4 is 0 Å². The highest BCUT2D eigenvalue weighted by Gasteiger charge is 2.31. The van der Waals surface area contributed by atoms with Crippen LogP contribution >= 0.6 is 45.2 Å². The van der Waals surface area contributed by atoms with Gasteiger partial charge in [-0.1, -0.05) is 51.6 Å². The molecule has 0 spiro atoms. The molecular formula is C5H8I2. The van der Waals surface area contributed by atoms with Gasteiger partial charge in [-0.05, 0) is 12.8 Å². The largest absolute Gasteiger partial charge is 0.0849 e. The predicted molar refractivity (Wildman–Crippen MR) is 49.5 cm³/mol. The molecule has 0 heterocycles. The summed E-state index contributed by atoms with van der Waals surface area (Å²) in [6.45, 7) is 0. The standard InChI is InChI=1S/C5H8I2/c6-4-5(7)2-1-3-5/h1-4H2. The molecule has 1 rings (SSSR count). The molecule has 2 heteroatoms. The van der Waals surface area contributed by atoms with Gasteiger partial charge in [-0.25, -0.2) is 0 Å². The van der Waals surface area contributed by atoms with E-state index < -0.39 is 0 Å². The van der Waals surface area contributed by atoms with Gasteiger partial charge < -0.3 is 0 Å². The van der Waals surface area contributed by atoms with Crippen molar-refractivity contribution in [3.63, 3.8) is 0 Å². The monoisotopic (exact) mass is 322 g/mol.